The van der Waals surface area contributed by atoms with Crippen molar-refractivity contribution in [2.75, 3.05) is 0 Å². The van der Waals surface area contributed by atoms with Gasteiger partial charge in [0.2, 0.25) is 0 Å². The second-order valence-corrected chi connectivity index (χ2v) is 6.24. The second kappa shape index (κ2) is 4.67. The first-order chi connectivity index (χ1) is 10.3. The average Bonchev–Trinajstić information content (AvgIpc) is 2.68. The summed E-state index contributed by atoms with van der Waals surface area (Å²) in [6, 6.07) is 18.3. The lowest BCUT2D eigenvalue weighted by Gasteiger charge is -2.24. The summed E-state index contributed by atoms with van der Waals surface area (Å²) in [6.45, 7) is 0.774. The number of para-hydroxylation sites is 1. The molecule has 21 heavy (non-hydrogen) atoms. The van der Waals surface area contributed by atoms with E-state index in [2.05, 4.69) is 22.8 Å². The molecule has 1 N–H and O–H groups in total. The molecule has 2 heterocycles. The van der Waals surface area contributed by atoms with Gasteiger partial charge in [0.15, 0.2) is 0 Å². The van der Waals surface area contributed by atoms with E-state index in [1.54, 1.807) is 0 Å². The van der Waals surface area contributed by atoms with Gasteiger partial charge in [-0.3, -0.25) is 4.79 Å². The minimum atomic E-state index is -0.755. The summed E-state index contributed by atoms with van der Waals surface area (Å²) >= 11 is 1.44. The normalized spacial score (nSPS) is 16.5. The molecule has 1 aromatic heterocycles. The highest BCUT2D eigenvalue weighted by Gasteiger charge is 2.39. The Balaban J connectivity index is 1.87. The number of rotatable bonds is 3. The summed E-state index contributed by atoms with van der Waals surface area (Å²) < 4.78 is 2.23. The van der Waals surface area contributed by atoms with E-state index in [9.17, 15) is 9.90 Å². The number of aliphatic carboxylic acids is 1. The molecule has 4 rings (SSSR count). The second-order valence-electron chi connectivity index (χ2n) is 5.14. The van der Waals surface area contributed by atoms with Crippen molar-refractivity contribution in [2.24, 2.45) is 0 Å². The number of carbonyl (C=O) groups is 1. The molecule has 2 aromatic carbocycles. The first-order valence-corrected chi connectivity index (χ1v) is 7.68. The molecule has 1 unspecified atom stereocenters. The van der Waals surface area contributed by atoms with Crippen LogP contribution in [0.5, 0.6) is 0 Å². The Morgan fingerprint density at radius 2 is 1.81 bits per heavy atom. The van der Waals surface area contributed by atoms with E-state index in [4.69, 9.17) is 0 Å². The number of hydrogen-bond acceptors (Lipinski definition) is 2. The van der Waals surface area contributed by atoms with Gasteiger partial charge in [-0.05, 0) is 11.6 Å². The van der Waals surface area contributed by atoms with Gasteiger partial charge in [-0.25, -0.2) is 0 Å². The van der Waals surface area contributed by atoms with Gasteiger partial charge in [-0.15, -0.1) is 0 Å². The van der Waals surface area contributed by atoms with Gasteiger partial charge in [0.1, 0.15) is 5.25 Å². The van der Waals surface area contributed by atoms with Crippen molar-refractivity contribution in [3.05, 3.63) is 65.7 Å². The first-order valence-electron chi connectivity index (χ1n) is 6.80. The van der Waals surface area contributed by atoms with Crippen molar-refractivity contribution >= 4 is 28.6 Å². The van der Waals surface area contributed by atoms with E-state index in [0.29, 0.717) is 0 Å². The third kappa shape index (κ3) is 1.87. The van der Waals surface area contributed by atoms with E-state index >= 15 is 0 Å². The number of carboxylic acid groups (broad SMARTS) is 1. The SMILES string of the molecule is O=C(O)C1Sc2c1c1ccccc1n2Cc1ccccc1. The summed E-state index contributed by atoms with van der Waals surface area (Å²) in [5.74, 6) is -0.755. The molecule has 104 valence electrons. The van der Waals surface area contributed by atoms with Crippen molar-refractivity contribution in [1.29, 1.82) is 0 Å². The molecule has 0 fully saturated rings. The number of nitrogens with zero attached hydrogens (tertiary/aromatic N) is 1. The number of carboxylic acids is 1. The van der Waals surface area contributed by atoms with Crippen LogP contribution in [0.4, 0.5) is 0 Å². The van der Waals surface area contributed by atoms with Gasteiger partial charge in [-0.2, -0.15) is 0 Å². The van der Waals surface area contributed by atoms with Crippen LogP contribution in [0.15, 0.2) is 59.6 Å². The number of fused-ring (bicyclic) bond motifs is 3. The standard InChI is InChI=1S/C17H13NO2S/c19-17(20)15-14-12-8-4-5-9-13(12)18(16(14)21-15)10-11-6-2-1-3-7-11/h1-9,15H,10H2,(H,19,20). The minimum Gasteiger partial charge on any atom is -0.480 e. The Hall–Kier alpha value is -2.20. The van der Waals surface area contributed by atoms with Crippen molar-refractivity contribution in [3.63, 3.8) is 0 Å². The lowest BCUT2D eigenvalue weighted by molar-refractivity contribution is -0.136. The third-order valence-electron chi connectivity index (χ3n) is 3.86. The Morgan fingerprint density at radius 3 is 2.57 bits per heavy atom. The zero-order valence-corrected chi connectivity index (χ0v) is 12.0. The Morgan fingerprint density at radius 1 is 1.10 bits per heavy atom. The van der Waals surface area contributed by atoms with Crippen LogP contribution >= 0.6 is 11.8 Å². The molecule has 3 aromatic rings. The fourth-order valence-corrected chi connectivity index (χ4v) is 4.04. The summed E-state index contributed by atoms with van der Waals surface area (Å²) in [5.41, 5.74) is 3.31. The van der Waals surface area contributed by atoms with E-state index in [0.717, 1.165) is 28.0 Å². The molecule has 0 amide bonds. The molecule has 0 spiro atoms. The zero-order valence-electron chi connectivity index (χ0n) is 11.2. The molecular weight excluding hydrogens is 282 g/mol. The highest BCUT2D eigenvalue weighted by Crippen LogP contribution is 2.54. The summed E-state index contributed by atoms with van der Waals surface area (Å²) in [6.07, 6.45) is 0. The van der Waals surface area contributed by atoms with Crippen LogP contribution in [0.3, 0.4) is 0 Å². The minimum absolute atomic E-state index is 0.429. The molecule has 1 aliphatic rings. The van der Waals surface area contributed by atoms with Crippen LogP contribution < -0.4 is 0 Å². The monoisotopic (exact) mass is 295 g/mol. The van der Waals surface area contributed by atoms with Gasteiger partial charge in [0.25, 0.3) is 0 Å². The van der Waals surface area contributed by atoms with Crippen molar-refractivity contribution in [3.8, 4) is 0 Å². The third-order valence-corrected chi connectivity index (χ3v) is 5.20. The molecule has 1 atom stereocenters. The predicted molar refractivity (Wildman–Crippen MR) is 83.7 cm³/mol. The highest BCUT2D eigenvalue weighted by atomic mass is 32.2. The maximum atomic E-state index is 11.3. The van der Waals surface area contributed by atoms with Crippen LogP contribution in [-0.4, -0.2) is 15.6 Å². The largest absolute Gasteiger partial charge is 0.480 e. The van der Waals surface area contributed by atoms with Crippen molar-refractivity contribution in [1.82, 2.24) is 4.57 Å². The van der Waals surface area contributed by atoms with Gasteiger partial charge in [-0.1, -0.05) is 60.3 Å². The fourth-order valence-electron chi connectivity index (χ4n) is 2.90. The fraction of sp³-hybridized carbons (Fsp3) is 0.118. The van der Waals surface area contributed by atoms with Crippen LogP contribution in [0.25, 0.3) is 10.9 Å². The van der Waals surface area contributed by atoms with E-state index < -0.39 is 11.2 Å². The van der Waals surface area contributed by atoms with Crippen molar-refractivity contribution in [2.45, 2.75) is 16.8 Å². The highest BCUT2D eigenvalue weighted by molar-refractivity contribution is 8.01. The molecule has 0 radical (unpaired) electrons. The number of thioether (sulfide) groups is 1. The average molecular weight is 295 g/mol. The lowest BCUT2D eigenvalue weighted by Crippen LogP contribution is -2.17. The molecule has 4 heteroatoms. The van der Waals surface area contributed by atoms with Crippen LogP contribution in [0.2, 0.25) is 0 Å². The number of hydrogen-bond donors (Lipinski definition) is 1. The zero-order chi connectivity index (χ0) is 14.4. The van der Waals surface area contributed by atoms with E-state index in [1.165, 1.54) is 17.3 Å². The maximum absolute atomic E-state index is 11.3. The van der Waals surface area contributed by atoms with Crippen molar-refractivity contribution < 1.29 is 9.90 Å². The summed E-state index contributed by atoms with van der Waals surface area (Å²) in [4.78, 5) is 11.3. The number of benzene rings is 2. The summed E-state index contributed by atoms with van der Waals surface area (Å²) in [5, 5.41) is 11.0. The maximum Gasteiger partial charge on any atom is 0.321 e. The van der Waals surface area contributed by atoms with Crippen LogP contribution in [0, 0.1) is 0 Å². The van der Waals surface area contributed by atoms with E-state index in [1.807, 2.05) is 36.4 Å². The quantitative estimate of drug-likeness (QED) is 0.796. The van der Waals surface area contributed by atoms with Crippen LogP contribution in [-0.2, 0) is 11.3 Å². The Bertz CT molecular complexity index is 839. The molecule has 0 saturated carbocycles. The van der Waals surface area contributed by atoms with Gasteiger partial charge >= 0.3 is 5.97 Å². The Kier molecular flexibility index (Phi) is 2.79. The van der Waals surface area contributed by atoms with Gasteiger partial charge < -0.3 is 9.67 Å². The molecular formula is C17H13NO2S. The predicted octanol–water partition coefficient (Wildman–Crippen LogP) is 3.92. The number of aromatic nitrogens is 1. The Labute approximate surface area is 126 Å². The van der Waals surface area contributed by atoms with Gasteiger partial charge in [0.05, 0.1) is 5.03 Å². The van der Waals surface area contributed by atoms with Crippen LogP contribution in [0.1, 0.15) is 16.4 Å². The lowest BCUT2D eigenvalue weighted by atomic mass is 10.1. The van der Waals surface area contributed by atoms with E-state index in [-0.39, 0.29) is 0 Å². The molecule has 3 nitrogen and oxygen atoms in total. The van der Waals surface area contributed by atoms with Gasteiger partial charge in [0, 0.05) is 23.0 Å². The first kappa shape index (κ1) is 12.5. The molecule has 0 aliphatic carbocycles. The topological polar surface area (TPSA) is 42.2 Å². The summed E-state index contributed by atoms with van der Waals surface area (Å²) in [7, 11) is 0. The molecule has 0 bridgehead atoms. The smallest absolute Gasteiger partial charge is 0.321 e. The molecule has 0 saturated heterocycles. The molecule has 1 aliphatic heterocycles.